The zero-order valence-electron chi connectivity index (χ0n) is 13.2. The molecule has 1 aromatic carbocycles. The number of hydrogen-bond donors (Lipinski definition) is 0. The largest absolute Gasteiger partial charge is 0.462 e. The van der Waals surface area contributed by atoms with Crippen LogP contribution in [0.2, 0.25) is 0 Å². The van der Waals surface area contributed by atoms with E-state index in [-0.39, 0.29) is 5.56 Å². The van der Waals surface area contributed by atoms with E-state index in [0.717, 1.165) is 9.13 Å². The molecule has 0 spiro atoms. The van der Waals surface area contributed by atoms with Crippen LogP contribution < -0.4 is 5.56 Å². The first-order chi connectivity index (χ1) is 11.5. The van der Waals surface area contributed by atoms with Gasteiger partial charge in [-0.3, -0.25) is 9.36 Å². The quantitative estimate of drug-likeness (QED) is 0.447. The molecule has 0 aliphatic heterocycles. The summed E-state index contributed by atoms with van der Waals surface area (Å²) in [4.78, 5) is 30.2. The van der Waals surface area contributed by atoms with E-state index in [4.69, 9.17) is 4.74 Å². The summed E-state index contributed by atoms with van der Waals surface area (Å²) in [6.45, 7) is 4.27. The summed E-state index contributed by atoms with van der Waals surface area (Å²) < 4.78 is 7.76. The maximum atomic E-state index is 12.8. The second-order valence-electron chi connectivity index (χ2n) is 5.26. The number of aromatic nitrogens is 2. The predicted molar refractivity (Wildman–Crippen MR) is 103 cm³/mol. The number of carbonyl (C=O) groups is 1. The molecule has 3 rings (SSSR count). The molecule has 2 aromatic heterocycles. The Morgan fingerprint density at radius 3 is 2.71 bits per heavy atom. The average Bonchev–Trinajstić information content (AvgIpc) is 2.90. The lowest BCUT2D eigenvalue weighted by atomic mass is 10.2. The van der Waals surface area contributed by atoms with Crippen molar-refractivity contribution >= 4 is 50.1 Å². The fourth-order valence-electron chi connectivity index (χ4n) is 2.45. The normalized spacial score (nSPS) is 11.0. The molecule has 0 N–H and O–H groups in total. The molecule has 0 bridgehead atoms. The summed E-state index contributed by atoms with van der Waals surface area (Å²) in [6.07, 6.45) is 1.54. The minimum atomic E-state index is -0.401. The van der Waals surface area contributed by atoms with Gasteiger partial charge in [-0.05, 0) is 59.7 Å². The third-order valence-electron chi connectivity index (χ3n) is 3.64. The molecule has 0 unspecified atom stereocenters. The van der Waals surface area contributed by atoms with Crippen molar-refractivity contribution in [2.24, 2.45) is 0 Å². The Labute approximate surface area is 156 Å². The highest BCUT2D eigenvalue weighted by Gasteiger charge is 2.20. The number of aryl methyl sites for hydroxylation is 1. The van der Waals surface area contributed by atoms with Crippen LogP contribution in [0, 0.1) is 10.5 Å². The maximum absolute atomic E-state index is 12.8. The van der Waals surface area contributed by atoms with Gasteiger partial charge in [0.15, 0.2) is 0 Å². The molecule has 24 heavy (non-hydrogen) atoms. The standard InChI is InChI=1S/C17H15IN2O3S/c1-3-23-17(22)14-10(2)13-15(24-14)19-9-20(16(13)21)8-11-4-6-12(18)7-5-11/h4-7,9H,3,8H2,1-2H3. The topological polar surface area (TPSA) is 61.2 Å². The van der Waals surface area contributed by atoms with Crippen molar-refractivity contribution in [2.45, 2.75) is 20.4 Å². The number of fused-ring (bicyclic) bond motifs is 1. The Kier molecular flexibility index (Phi) is 5.00. The van der Waals surface area contributed by atoms with Gasteiger partial charge in [0.25, 0.3) is 5.56 Å². The van der Waals surface area contributed by atoms with Crippen LogP contribution >= 0.6 is 33.9 Å². The lowest BCUT2D eigenvalue weighted by molar-refractivity contribution is 0.0531. The molecule has 2 heterocycles. The van der Waals surface area contributed by atoms with Gasteiger partial charge in [0.05, 0.1) is 24.9 Å². The van der Waals surface area contributed by atoms with E-state index in [0.29, 0.717) is 33.8 Å². The van der Waals surface area contributed by atoms with Crippen LogP contribution in [0.1, 0.15) is 27.7 Å². The van der Waals surface area contributed by atoms with Crippen molar-refractivity contribution in [2.75, 3.05) is 6.61 Å². The van der Waals surface area contributed by atoms with Gasteiger partial charge < -0.3 is 4.74 Å². The number of rotatable bonds is 4. The van der Waals surface area contributed by atoms with Crippen LogP contribution in [0.15, 0.2) is 35.4 Å². The first kappa shape index (κ1) is 17.1. The fourth-order valence-corrected chi connectivity index (χ4v) is 3.84. The number of ether oxygens (including phenoxy) is 1. The van der Waals surface area contributed by atoms with Gasteiger partial charge in [-0.15, -0.1) is 11.3 Å². The van der Waals surface area contributed by atoms with E-state index < -0.39 is 5.97 Å². The molecule has 0 aliphatic rings. The number of thiophene rings is 1. The lowest BCUT2D eigenvalue weighted by Gasteiger charge is -2.06. The van der Waals surface area contributed by atoms with Crippen LogP contribution in [0.25, 0.3) is 10.2 Å². The molecule has 0 aliphatic carbocycles. The number of esters is 1. The van der Waals surface area contributed by atoms with Crippen molar-refractivity contribution in [3.05, 3.63) is 60.5 Å². The number of benzene rings is 1. The molecule has 3 aromatic rings. The van der Waals surface area contributed by atoms with Crippen molar-refractivity contribution in [3.8, 4) is 0 Å². The van der Waals surface area contributed by atoms with Gasteiger partial charge in [-0.25, -0.2) is 9.78 Å². The van der Waals surface area contributed by atoms with Crippen molar-refractivity contribution in [3.63, 3.8) is 0 Å². The highest BCUT2D eigenvalue weighted by Crippen LogP contribution is 2.27. The average molecular weight is 454 g/mol. The number of nitrogens with zero attached hydrogens (tertiary/aromatic N) is 2. The van der Waals surface area contributed by atoms with E-state index >= 15 is 0 Å². The molecule has 7 heteroatoms. The van der Waals surface area contributed by atoms with Gasteiger partial charge in [0.2, 0.25) is 0 Å². The molecule has 124 valence electrons. The molecule has 0 saturated carbocycles. The second kappa shape index (κ2) is 7.02. The summed E-state index contributed by atoms with van der Waals surface area (Å²) in [7, 11) is 0. The highest BCUT2D eigenvalue weighted by molar-refractivity contribution is 14.1. The van der Waals surface area contributed by atoms with Gasteiger partial charge in [0.1, 0.15) is 9.71 Å². The smallest absolute Gasteiger partial charge is 0.348 e. The molecule has 0 radical (unpaired) electrons. The Bertz CT molecular complexity index is 960. The predicted octanol–water partition coefficient (Wildman–Crippen LogP) is 3.60. The van der Waals surface area contributed by atoms with Crippen LogP contribution in [0.4, 0.5) is 0 Å². The Morgan fingerprint density at radius 1 is 1.33 bits per heavy atom. The van der Waals surface area contributed by atoms with E-state index in [1.54, 1.807) is 18.4 Å². The van der Waals surface area contributed by atoms with Crippen molar-refractivity contribution < 1.29 is 9.53 Å². The second-order valence-corrected chi connectivity index (χ2v) is 7.51. The van der Waals surface area contributed by atoms with Gasteiger partial charge in [0, 0.05) is 3.57 Å². The maximum Gasteiger partial charge on any atom is 0.348 e. The number of halogens is 1. The van der Waals surface area contributed by atoms with E-state index in [1.807, 2.05) is 24.3 Å². The fraction of sp³-hybridized carbons (Fsp3) is 0.235. The van der Waals surface area contributed by atoms with Crippen LogP contribution in [-0.4, -0.2) is 22.1 Å². The number of carbonyl (C=O) groups excluding carboxylic acids is 1. The highest BCUT2D eigenvalue weighted by atomic mass is 127. The molecular formula is C17H15IN2O3S. The third-order valence-corrected chi connectivity index (χ3v) is 5.54. The molecular weight excluding hydrogens is 439 g/mol. The van der Waals surface area contributed by atoms with E-state index in [1.165, 1.54) is 17.7 Å². The SMILES string of the molecule is CCOC(=O)c1sc2ncn(Cc3ccc(I)cc3)c(=O)c2c1C. The van der Waals surface area contributed by atoms with E-state index in [2.05, 4.69) is 27.6 Å². The van der Waals surface area contributed by atoms with E-state index in [9.17, 15) is 9.59 Å². The van der Waals surface area contributed by atoms with Crippen molar-refractivity contribution in [1.29, 1.82) is 0 Å². The Balaban J connectivity index is 2.04. The third kappa shape index (κ3) is 3.23. The summed E-state index contributed by atoms with van der Waals surface area (Å²) in [5, 5.41) is 0.496. The Morgan fingerprint density at radius 2 is 2.04 bits per heavy atom. The first-order valence-electron chi connectivity index (χ1n) is 7.41. The summed E-state index contributed by atoms with van der Waals surface area (Å²) in [5.74, 6) is -0.401. The molecule has 0 saturated heterocycles. The van der Waals surface area contributed by atoms with Crippen LogP contribution in [0.3, 0.4) is 0 Å². The Hall–Kier alpha value is -1.74. The van der Waals surface area contributed by atoms with Gasteiger partial charge in [-0.2, -0.15) is 0 Å². The molecule has 5 nitrogen and oxygen atoms in total. The zero-order valence-corrected chi connectivity index (χ0v) is 16.2. The summed E-state index contributed by atoms with van der Waals surface area (Å²) in [5.41, 5.74) is 1.53. The molecule has 0 atom stereocenters. The van der Waals surface area contributed by atoms with Gasteiger partial charge in [-0.1, -0.05) is 12.1 Å². The zero-order chi connectivity index (χ0) is 17.3. The van der Waals surface area contributed by atoms with Crippen LogP contribution in [0.5, 0.6) is 0 Å². The summed E-state index contributed by atoms with van der Waals surface area (Å²) in [6, 6.07) is 7.98. The minimum absolute atomic E-state index is 0.136. The summed E-state index contributed by atoms with van der Waals surface area (Å²) >= 11 is 3.45. The first-order valence-corrected chi connectivity index (χ1v) is 9.31. The van der Waals surface area contributed by atoms with Crippen LogP contribution in [-0.2, 0) is 11.3 Å². The molecule has 0 amide bonds. The number of hydrogen-bond acceptors (Lipinski definition) is 5. The van der Waals surface area contributed by atoms with Crippen molar-refractivity contribution in [1.82, 2.24) is 9.55 Å². The van der Waals surface area contributed by atoms with Gasteiger partial charge >= 0.3 is 5.97 Å². The lowest BCUT2D eigenvalue weighted by Crippen LogP contribution is -2.21. The minimum Gasteiger partial charge on any atom is -0.462 e. The monoisotopic (exact) mass is 454 g/mol. The molecule has 0 fully saturated rings.